The van der Waals surface area contributed by atoms with Gasteiger partial charge in [0.15, 0.2) is 5.82 Å². The Labute approximate surface area is 81.2 Å². The molecule has 0 atom stereocenters. The fourth-order valence-electron chi connectivity index (χ4n) is 1.06. The molecule has 0 N–H and O–H groups in total. The maximum absolute atomic E-state index is 5.74. The Morgan fingerprint density at radius 3 is 2.46 bits per heavy atom. The van der Waals surface area contributed by atoms with Gasteiger partial charge in [-0.15, -0.1) is 0 Å². The first-order valence-electron chi connectivity index (χ1n) is 3.90. The van der Waals surface area contributed by atoms with Crippen molar-refractivity contribution in [1.29, 1.82) is 0 Å². The highest BCUT2D eigenvalue weighted by Gasteiger charge is 1.99. The maximum Gasteiger partial charge on any atom is 0.160 e. The second-order valence-electron chi connectivity index (χ2n) is 2.57. The summed E-state index contributed by atoms with van der Waals surface area (Å²) in [6.45, 7) is 0. The summed E-state index contributed by atoms with van der Waals surface area (Å²) in [5.41, 5.74) is 0.977. The van der Waals surface area contributed by atoms with Crippen LogP contribution in [0.3, 0.4) is 0 Å². The van der Waals surface area contributed by atoms with E-state index in [1.807, 2.05) is 30.3 Å². The third-order valence-corrected chi connectivity index (χ3v) is 1.86. The minimum atomic E-state index is 0.467. The minimum absolute atomic E-state index is 0.467. The zero-order valence-corrected chi connectivity index (χ0v) is 7.57. The molecule has 0 aliphatic heterocycles. The monoisotopic (exact) mass is 190 g/mol. The van der Waals surface area contributed by atoms with Gasteiger partial charge in [-0.3, -0.25) is 0 Å². The van der Waals surface area contributed by atoms with E-state index < -0.39 is 0 Å². The zero-order valence-electron chi connectivity index (χ0n) is 6.81. The summed E-state index contributed by atoms with van der Waals surface area (Å²) in [4.78, 5) is 8.21. The molecule has 0 aliphatic carbocycles. The van der Waals surface area contributed by atoms with E-state index in [4.69, 9.17) is 11.6 Å². The lowest BCUT2D eigenvalue weighted by Gasteiger charge is -1.98. The fraction of sp³-hybridized carbons (Fsp3) is 0. The van der Waals surface area contributed by atoms with Gasteiger partial charge in [-0.1, -0.05) is 41.9 Å². The van der Waals surface area contributed by atoms with Gasteiger partial charge in [0.25, 0.3) is 0 Å². The molecule has 1 aromatic heterocycles. The molecule has 3 heteroatoms. The minimum Gasteiger partial charge on any atom is -0.236 e. The molecule has 0 bridgehead atoms. The van der Waals surface area contributed by atoms with Crippen molar-refractivity contribution in [2.24, 2.45) is 0 Å². The Hall–Kier alpha value is -1.41. The molecule has 1 heterocycles. The standard InChI is InChI=1S/C10H7ClN2/c11-9-6-7-12-10(13-9)8-4-2-1-3-5-8/h1-7H. The van der Waals surface area contributed by atoms with Gasteiger partial charge in [-0.05, 0) is 6.07 Å². The summed E-state index contributed by atoms with van der Waals surface area (Å²) in [6, 6.07) is 11.4. The van der Waals surface area contributed by atoms with Gasteiger partial charge in [0.1, 0.15) is 5.15 Å². The lowest BCUT2D eigenvalue weighted by Crippen LogP contribution is -1.87. The molecular formula is C10H7ClN2. The van der Waals surface area contributed by atoms with Gasteiger partial charge in [0, 0.05) is 11.8 Å². The Kier molecular flexibility index (Phi) is 2.23. The fourth-order valence-corrected chi connectivity index (χ4v) is 1.20. The highest BCUT2D eigenvalue weighted by atomic mass is 35.5. The summed E-state index contributed by atoms with van der Waals surface area (Å²) in [5.74, 6) is 0.660. The third-order valence-electron chi connectivity index (χ3n) is 1.65. The van der Waals surface area contributed by atoms with Gasteiger partial charge < -0.3 is 0 Å². The van der Waals surface area contributed by atoms with Crippen molar-refractivity contribution in [2.45, 2.75) is 0 Å². The summed E-state index contributed by atoms with van der Waals surface area (Å²) < 4.78 is 0. The van der Waals surface area contributed by atoms with Gasteiger partial charge in [-0.25, -0.2) is 9.97 Å². The van der Waals surface area contributed by atoms with E-state index in [0.717, 1.165) is 5.56 Å². The number of nitrogens with zero attached hydrogens (tertiary/aromatic N) is 2. The Morgan fingerprint density at radius 2 is 1.77 bits per heavy atom. The van der Waals surface area contributed by atoms with E-state index in [1.165, 1.54) is 0 Å². The van der Waals surface area contributed by atoms with Crippen molar-refractivity contribution in [3.8, 4) is 11.4 Å². The van der Waals surface area contributed by atoms with Crippen LogP contribution in [-0.2, 0) is 0 Å². The van der Waals surface area contributed by atoms with Crippen LogP contribution in [0.5, 0.6) is 0 Å². The van der Waals surface area contributed by atoms with Crippen LogP contribution in [0.15, 0.2) is 42.6 Å². The van der Waals surface area contributed by atoms with Crippen molar-refractivity contribution in [2.75, 3.05) is 0 Å². The summed E-state index contributed by atoms with van der Waals surface area (Å²) in [7, 11) is 0. The molecule has 0 amide bonds. The summed E-state index contributed by atoms with van der Waals surface area (Å²) >= 11 is 5.74. The second-order valence-corrected chi connectivity index (χ2v) is 2.96. The maximum atomic E-state index is 5.74. The quantitative estimate of drug-likeness (QED) is 0.647. The highest BCUT2D eigenvalue weighted by Crippen LogP contribution is 2.14. The number of aromatic nitrogens is 2. The van der Waals surface area contributed by atoms with Gasteiger partial charge in [-0.2, -0.15) is 0 Å². The van der Waals surface area contributed by atoms with Crippen molar-refractivity contribution < 1.29 is 0 Å². The first-order valence-corrected chi connectivity index (χ1v) is 4.28. The van der Waals surface area contributed by atoms with Crippen molar-refractivity contribution in [3.63, 3.8) is 0 Å². The van der Waals surface area contributed by atoms with Crippen molar-refractivity contribution in [1.82, 2.24) is 9.97 Å². The molecule has 2 aromatic rings. The van der Waals surface area contributed by atoms with Crippen LogP contribution in [0.4, 0.5) is 0 Å². The van der Waals surface area contributed by atoms with Crippen LogP contribution < -0.4 is 0 Å². The van der Waals surface area contributed by atoms with Crippen LogP contribution in [0, 0.1) is 0 Å². The number of rotatable bonds is 1. The molecule has 2 rings (SSSR count). The average molecular weight is 191 g/mol. The highest BCUT2D eigenvalue weighted by molar-refractivity contribution is 6.29. The summed E-state index contributed by atoms with van der Waals surface area (Å²) in [6.07, 6.45) is 1.65. The molecule has 1 aromatic carbocycles. The van der Waals surface area contributed by atoms with Gasteiger partial charge >= 0.3 is 0 Å². The molecule has 0 aliphatic rings. The number of hydrogen-bond donors (Lipinski definition) is 0. The molecule has 0 spiro atoms. The van der Waals surface area contributed by atoms with Crippen LogP contribution in [0.25, 0.3) is 11.4 Å². The average Bonchev–Trinajstić information content (AvgIpc) is 2.19. The molecule has 0 fully saturated rings. The van der Waals surface area contributed by atoms with E-state index in [-0.39, 0.29) is 0 Å². The van der Waals surface area contributed by atoms with Crippen LogP contribution in [0.1, 0.15) is 0 Å². The molecular weight excluding hydrogens is 184 g/mol. The van der Waals surface area contributed by atoms with Crippen molar-refractivity contribution >= 4 is 11.6 Å². The van der Waals surface area contributed by atoms with Crippen LogP contribution >= 0.6 is 11.6 Å². The second kappa shape index (κ2) is 3.54. The van der Waals surface area contributed by atoms with E-state index in [2.05, 4.69) is 9.97 Å². The lowest BCUT2D eigenvalue weighted by atomic mass is 10.2. The molecule has 2 nitrogen and oxygen atoms in total. The predicted octanol–water partition coefficient (Wildman–Crippen LogP) is 2.80. The number of hydrogen-bond acceptors (Lipinski definition) is 2. The normalized spacial score (nSPS) is 9.92. The largest absolute Gasteiger partial charge is 0.236 e. The number of halogens is 1. The first kappa shape index (κ1) is 8.20. The zero-order chi connectivity index (χ0) is 9.10. The van der Waals surface area contributed by atoms with E-state index in [0.29, 0.717) is 11.0 Å². The Morgan fingerprint density at radius 1 is 1.00 bits per heavy atom. The molecule has 13 heavy (non-hydrogen) atoms. The van der Waals surface area contributed by atoms with Gasteiger partial charge in [0.2, 0.25) is 0 Å². The Balaban J connectivity index is 2.48. The smallest absolute Gasteiger partial charge is 0.160 e. The molecule has 64 valence electrons. The predicted molar refractivity (Wildman–Crippen MR) is 52.5 cm³/mol. The van der Waals surface area contributed by atoms with Crippen molar-refractivity contribution in [3.05, 3.63) is 47.7 Å². The summed E-state index contributed by atoms with van der Waals surface area (Å²) in [5, 5.41) is 0.467. The van der Waals surface area contributed by atoms with E-state index >= 15 is 0 Å². The van der Waals surface area contributed by atoms with E-state index in [9.17, 15) is 0 Å². The Bertz CT molecular complexity index is 401. The third kappa shape index (κ3) is 1.84. The molecule has 0 saturated heterocycles. The first-order chi connectivity index (χ1) is 6.36. The van der Waals surface area contributed by atoms with Crippen LogP contribution in [0.2, 0.25) is 5.15 Å². The molecule has 0 saturated carbocycles. The molecule has 0 unspecified atom stereocenters. The SMILES string of the molecule is Clc1ccnc(-c2ccccc2)n1. The molecule has 0 radical (unpaired) electrons. The van der Waals surface area contributed by atoms with Crippen LogP contribution in [-0.4, -0.2) is 9.97 Å². The lowest BCUT2D eigenvalue weighted by molar-refractivity contribution is 1.18. The van der Waals surface area contributed by atoms with E-state index in [1.54, 1.807) is 12.3 Å². The topological polar surface area (TPSA) is 25.8 Å². The number of benzene rings is 1. The van der Waals surface area contributed by atoms with Gasteiger partial charge in [0.05, 0.1) is 0 Å².